The molecule has 0 saturated carbocycles. The maximum Gasteiger partial charge on any atom is 0.413 e. The van der Waals surface area contributed by atoms with Crippen molar-refractivity contribution in [2.24, 2.45) is 0 Å². The second-order valence-electron chi connectivity index (χ2n) is 6.34. The summed E-state index contributed by atoms with van der Waals surface area (Å²) in [5.41, 5.74) is 0.543. The summed E-state index contributed by atoms with van der Waals surface area (Å²) in [7, 11) is 0. The summed E-state index contributed by atoms with van der Waals surface area (Å²) < 4.78 is 5.19. The van der Waals surface area contributed by atoms with Gasteiger partial charge in [0, 0.05) is 16.8 Å². The molecule has 0 radical (unpaired) electrons. The van der Waals surface area contributed by atoms with Crippen molar-refractivity contribution in [3.05, 3.63) is 58.7 Å². The molecular formula is C18H19Br2ClN2O3. The summed E-state index contributed by atoms with van der Waals surface area (Å²) in [6, 6.07) is 10.0. The molecule has 140 valence electrons. The summed E-state index contributed by atoms with van der Waals surface area (Å²) in [5.74, 6) is 0.159. The van der Waals surface area contributed by atoms with Gasteiger partial charge in [0.1, 0.15) is 16.2 Å². The van der Waals surface area contributed by atoms with E-state index in [1.54, 1.807) is 57.2 Å². The van der Waals surface area contributed by atoms with Gasteiger partial charge >= 0.3 is 6.09 Å². The van der Waals surface area contributed by atoms with E-state index in [0.29, 0.717) is 22.0 Å². The first-order chi connectivity index (χ1) is 11.7. The van der Waals surface area contributed by atoms with Crippen LogP contribution in [0.25, 0.3) is 0 Å². The quantitative estimate of drug-likeness (QED) is 0.409. The Hall–Kier alpha value is -1.44. The third-order valence-corrected chi connectivity index (χ3v) is 4.22. The van der Waals surface area contributed by atoms with Gasteiger partial charge in [-0.15, -0.1) is 17.0 Å². The molecule has 1 N–H and O–H groups in total. The van der Waals surface area contributed by atoms with Crippen LogP contribution < -0.4 is 5.32 Å². The molecule has 1 aromatic heterocycles. The fourth-order valence-electron chi connectivity index (χ4n) is 2.02. The molecule has 0 bridgehead atoms. The Kier molecular flexibility index (Phi) is 8.24. The van der Waals surface area contributed by atoms with E-state index in [9.17, 15) is 9.59 Å². The number of nitrogens with zero attached hydrogens (tertiary/aromatic N) is 1. The summed E-state index contributed by atoms with van der Waals surface area (Å²) in [5, 5.41) is 3.05. The monoisotopic (exact) mass is 504 g/mol. The van der Waals surface area contributed by atoms with Gasteiger partial charge in [-0.25, -0.2) is 9.78 Å². The van der Waals surface area contributed by atoms with E-state index in [1.807, 2.05) is 0 Å². The molecular weight excluding hydrogens is 487 g/mol. The Labute approximate surface area is 176 Å². The largest absolute Gasteiger partial charge is 0.444 e. The zero-order chi connectivity index (χ0) is 18.6. The molecule has 0 fully saturated rings. The van der Waals surface area contributed by atoms with Crippen molar-refractivity contribution in [3.63, 3.8) is 0 Å². The second-order valence-corrected chi connectivity index (χ2v) is 7.69. The van der Waals surface area contributed by atoms with E-state index in [4.69, 9.17) is 16.3 Å². The van der Waals surface area contributed by atoms with Gasteiger partial charge in [0.05, 0.1) is 0 Å². The standard InChI is InChI=1S/C18H18BrClN2O3.BrH/c1-18(2,3)25-17(24)22-14-10-11(7-8-21-14)15(19)16(23)12-5-4-6-13(20)9-12;/h4-10,15H,1-3H3,(H,21,22,24);1H. The molecule has 1 aromatic carbocycles. The van der Waals surface area contributed by atoms with Crippen LogP contribution in [0.4, 0.5) is 10.6 Å². The minimum atomic E-state index is -0.609. The van der Waals surface area contributed by atoms with Gasteiger partial charge in [0.15, 0.2) is 5.78 Å². The molecule has 2 rings (SSSR count). The molecule has 0 aliphatic rings. The lowest BCUT2D eigenvalue weighted by Gasteiger charge is -2.19. The Balaban J connectivity index is 0.00000338. The van der Waals surface area contributed by atoms with Crippen LogP contribution in [-0.4, -0.2) is 22.5 Å². The highest BCUT2D eigenvalue weighted by Gasteiger charge is 2.21. The van der Waals surface area contributed by atoms with Crippen LogP contribution in [0.2, 0.25) is 5.02 Å². The van der Waals surface area contributed by atoms with Crippen LogP contribution in [0.15, 0.2) is 42.6 Å². The predicted molar refractivity (Wildman–Crippen MR) is 112 cm³/mol. The van der Waals surface area contributed by atoms with E-state index in [1.165, 1.54) is 6.20 Å². The van der Waals surface area contributed by atoms with Crippen molar-refractivity contribution in [2.45, 2.75) is 31.2 Å². The van der Waals surface area contributed by atoms with Crippen LogP contribution in [0.1, 0.15) is 41.5 Å². The van der Waals surface area contributed by atoms with Gasteiger partial charge < -0.3 is 4.74 Å². The van der Waals surface area contributed by atoms with Gasteiger partial charge in [-0.05, 0) is 50.6 Å². The van der Waals surface area contributed by atoms with Crippen LogP contribution >= 0.6 is 44.5 Å². The number of anilines is 1. The number of amides is 1. The second kappa shape index (κ2) is 9.48. The van der Waals surface area contributed by atoms with E-state index in [0.717, 1.165) is 0 Å². The highest BCUT2D eigenvalue weighted by Crippen LogP contribution is 2.29. The number of ether oxygens (including phenoxy) is 1. The lowest BCUT2D eigenvalue weighted by Crippen LogP contribution is -2.27. The number of benzene rings is 1. The lowest BCUT2D eigenvalue weighted by molar-refractivity contribution is 0.0635. The topological polar surface area (TPSA) is 68.3 Å². The number of Topliss-reactive ketones (excluding diaryl/α,β-unsaturated/α-hetero) is 1. The van der Waals surface area contributed by atoms with E-state index >= 15 is 0 Å². The normalized spacial score (nSPS) is 11.9. The summed E-state index contributed by atoms with van der Waals surface area (Å²) in [4.78, 5) is 27.9. The SMILES string of the molecule is Br.CC(C)(C)OC(=O)Nc1cc(C(Br)C(=O)c2cccc(Cl)c2)ccn1. The number of ketones is 1. The third-order valence-electron chi connectivity index (χ3n) is 3.04. The predicted octanol–water partition coefficient (Wildman–Crippen LogP) is 5.98. The first-order valence-electron chi connectivity index (χ1n) is 7.55. The van der Waals surface area contributed by atoms with Gasteiger partial charge in [0.25, 0.3) is 0 Å². The van der Waals surface area contributed by atoms with Crippen LogP contribution in [-0.2, 0) is 4.74 Å². The number of aromatic nitrogens is 1. The van der Waals surface area contributed by atoms with E-state index < -0.39 is 16.5 Å². The van der Waals surface area contributed by atoms with Crippen LogP contribution in [0.5, 0.6) is 0 Å². The molecule has 8 heteroatoms. The smallest absolute Gasteiger partial charge is 0.413 e. The highest BCUT2D eigenvalue weighted by atomic mass is 79.9. The molecule has 0 aliphatic carbocycles. The fraction of sp³-hybridized carbons (Fsp3) is 0.278. The summed E-state index contributed by atoms with van der Waals surface area (Å²) in [6.45, 7) is 5.32. The molecule has 2 aromatic rings. The summed E-state index contributed by atoms with van der Waals surface area (Å²) >= 11 is 9.33. The van der Waals surface area contributed by atoms with Gasteiger partial charge in [-0.2, -0.15) is 0 Å². The molecule has 1 unspecified atom stereocenters. The molecule has 0 saturated heterocycles. The maximum atomic E-state index is 12.6. The Morgan fingerprint density at radius 3 is 2.54 bits per heavy atom. The molecule has 1 amide bonds. The number of hydrogen-bond donors (Lipinski definition) is 1. The summed E-state index contributed by atoms with van der Waals surface area (Å²) in [6.07, 6.45) is 0.908. The van der Waals surface area contributed by atoms with Crippen molar-refractivity contribution >= 4 is 62.2 Å². The zero-order valence-electron chi connectivity index (χ0n) is 14.5. The van der Waals surface area contributed by atoms with Crippen molar-refractivity contribution in [1.82, 2.24) is 4.98 Å². The fourth-order valence-corrected chi connectivity index (χ4v) is 2.76. The van der Waals surface area contributed by atoms with Crippen LogP contribution in [0, 0.1) is 0 Å². The average molecular weight is 507 g/mol. The maximum absolute atomic E-state index is 12.6. The Morgan fingerprint density at radius 2 is 1.92 bits per heavy atom. The van der Waals surface area contributed by atoms with Gasteiger partial charge in [0.2, 0.25) is 0 Å². The zero-order valence-corrected chi connectivity index (χ0v) is 18.5. The minimum Gasteiger partial charge on any atom is -0.444 e. The molecule has 26 heavy (non-hydrogen) atoms. The van der Waals surface area contributed by atoms with Gasteiger partial charge in [-0.3, -0.25) is 10.1 Å². The minimum absolute atomic E-state index is 0. The Morgan fingerprint density at radius 1 is 1.23 bits per heavy atom. The Bertz CT molecular complexity index is 794. The van der Waals surface area contributed by atoms with Crippen molar-refractivity contribution in [1.29, 1.82) is 0 Å². The molecule has 1 atom stereocenters. The molecule has 5 nitrogen and oxygen atoms in total. The number of carbonyl (C=O) groups is 2. The number of carbonyl (C=O) groups excluding carboxylic acids is 2. The average Bonchev–Trinajstić information content (AvgIpc) is 2.52. The van der Waals surface area contributed by atoms with Crippen molar-refractivity contribution in [2.75, 3.05) is 5.32 Å². The van der Waals surface area contributed by atoms with E-state index in [-0.39, 0.29) is 22.8 Å². The van der Waals surface area contributed by atoms with E-state index in [2.05, 4.69) is 26.2 Å². The highest BCUT2D eigenvalue weighted by molar-refractivity contribution is 9.09. The molecule has 1 heterocycles. The van der Waals surface area contributed by atoms with Gasteiger partial charge in [-0.1, -0.05) is 39.7 Å². The number of alkyl halides is 1. The number of nitrogens with one attached hydrogen (secondary N) is 1. The third kappa shape index (κ3) is 6.70. The van der Waals surface area contributed by atoms with Crippen LogP contribution in [0.3, 0.4) is 0 Å². The number of halogens is 3. The number of pyridine rings is 1. The first kappa shape index (κ1) is 22.6. The first-order valence-corrected chi connectivity index (χ1v) is 8.85. The molecule has 0 aliphatic heterocycles. The number of hydrogen-bond acceptors (Lipinski definition) is 4. The number of rotatable bonds is 4. The van der Waals surface area contributed by atoms with Crippen molar-refractivity contribution < 1.29 is 14.3 Å². The molecule has 0 spiro atoms. The van der Waals surface area contributed by atoms with Crippen molar-refractivity contribution in [3.8, 4) is 0 Å². The lowest BCUT2D eigenvalue weighted by atomic mass is 10.0.